The van der Waals surface area contributed by atoms with E-state index < -0.39 is 16.0 Å². The molecule has 0 spiro atoms. The largest absolute Gasteiger partial charge is 0.392 e. The van der Waals surface area contributed by atoms with Crippen molar-refractivity contribution in [3.63, 3.8) is 0 Å². The summed E-state index contributed by atoms with van der Waals surface area (Å²) in [6.07, 6.45) is -0.584. The normalized spacial score (nSPS) is 11.7. The van der Waals surface area contributed by atoms with Crippen LogP contribution in [0.3, 0.4) is 0 Å². The van der Waals surface area contributed by atoms with E-state index in [4.69, 9.17) is 0 Å². The Balaban J connectivity index is 0.000000164. The lowest BCUT2D eigenvalue weighted by Crippen LogP contribution is -2.13. The molecule has 0 saturated heterocycles. The van der Waals surface area contributed by atoms with Crippen LogP contribution in [0.1, 0.15) is 6.92 Å². The monoisotopic (exact) mass is 536 g/mol. The van der Waals surface area contributed by atoms with Crippen molar-refractivity contribution in [3.05, 3.63) is 117 Å². The van der Waals surface area contributed by atoms with E-state index in [1.54, 1.807) is 43.3 Å². The third-order valence-electron chi connectivity index (χ3n) is 6.19. The van der Waals surface area contributed by atoms with Gasteiger partial charge in [0.1, 0.15) is 11.6 Å². The number of nitrogens with zero attached hydrogens (tertiary/aromatic N) is 5. The summed E-state index contributed by atoms with van der Waals surface area (Å²) in [5.41, 5.74) is 4.26. The van der Waals surface area contributed by atoms with E-state index in [0.717, 1.165) is 22.1 Å². The van der Waals surface area contributed by atoms with Crippen LogP contribution in [0.15, 0.2) is 97.1 Å². The number of aromatic amines is 1. The molecule has 2 heterocycles. The molecule has 0 aliphatic carbocycles. The maximum atomic E-state index is 11.3. The van der Waals surface area contributed by atoms with Crippen LogP contribution in [-0.2, 0) is 6.54 Å². The number of fused-ring (bicyclic) bond motifs is 2. The molecule has 200 valence electrons. The quantitative estimate of drug-likeness (QED) is 0.192. The van der Waals surface area contributed by atoms with Gasteiger partial charge in [-0.15, -0.1) is 0 Å². The topological polar surface area (TPSA) is 153 Å². The predicted octanol–water partition coefficient (Wildman–Crippen LogP) is 6.13. The second-order valence-electron chi connectivity index (χ2n) is 9.03. The van der Waals surface area contributed by atoms with Crippen molar-refractivity contribution < 1.29 is 15.0 Å². The van der Waals surface area contributed by atoms with Crippen LogP contribution < -0.4 is 0 Å². The molecule has 0 aliphatic rings. The van der Waals surface area contributed by atoms with Crippen LogP contribution in [0.4, 0.5) is 11.4 Å². The fourth-order valence-corrected chi connectivity index (χ4v) is 4.47. The summed E-state index contributed by atoms with van der Waals surface area (Å²) in [6, 6.07) is 28.1. The van der Waals surface area contributed by atoms with Crippen molar-refractivity contribution in [3.8, 4) is 22.8 Å². The van der Waals surface area contributed by atoms with E-state index in [1.807, 2.05) is 53.1 Å². The molecule has 11 nitrogen and oxygen atoms in total. The number of hydrogen-bond donors (Lipinski definition) is 2. The molecule has 0 aliphatic heterocycles. The van der Waals surface area contributed by atoms with Crippen molar-refractivity contribution in [2.24, 2.45) is 0 Å². The van der Waals surface area contributed by atoms with Gasteiger partial charge in [0.05, 0.1) is 55.7 Å². The third-order valence-corrected chi connectivity index (χ3v) is 6.19. The highest BCUT2D eigenvalue weighted by Gasteiger charge is 2.21. The molecule has 0 saturated carbocycles. The van der Waals surface area contributed by atoms with Crippen molar-refractivity contribution in [2.45, 2.75) is 19.6 Å². The number of aliphatic hydroxyl groups excluding tert-OH is 1. The van der Waals surface area contributed by atoms with Gasteiger partial charge >= 0.3 is 0 Å². The lowest BCUT2D eigenvalue weighted by molar-refractivity contribution is -0.384. The van der Waals surface area contributed by atoms with E-state index in [1.165, 1.54) is 12.1 Å². The molecule has 0 radical (unpaired) electrons. The molecule has 2 N–H and O–H groups in total. The Kier molecular flexibility index (Phi) is 7.29. The summed E-state index contributed by atoms with van der Waals surface area (Å²) in [6.45, 7) is 2.00. The first kappa shape index (κ1) is 26.2. The second-order valence-corrected chi connectivity index (χ2v) is 9.03. The standard InChI is InChI=1S/C16H15N3O3.C13H9N3O2/c1-11(20)10-18-15-9-5-3-7-13(15)17-16(18)12-6-2-4-8-14(12)19(21)22;17-16(18)12-8-4-1-5-9(12)13-14-10-6-2-3-7-11(10)15-13/h2-9,11,20H,10H2,1H3;1-8H,(H,14,15). The average molecular weight is 537 g/mol. The van der Waals surface area contributed by atoms with E-state index in [-0.39, 0.29) is 11.4 Å². The van der Waals surface area contributed by atoms with E-state index in [2.05, 4.69) is 15.0 Å². The molecule has 1 atom stereocenters. The molecular weight excluding hydrogens is 512 g/mol. The van der Waals surface area contributed by atoms with Crippen molar-refractivity contribution in [1.82, 2.24) is 19.5 Å². The number of rotatable bonds is 6. The lowest BCUT2D eigenvalue weighted by Gasteiger charge is -2.11. The van der Waals surface area contributed by atoms with E-state index in [9.17, 15) is 25.3 Å². The fourth-order valence-electron chi connectivity index (χ4n) is 4.47. The van der Waals surface area contributed by atoms with Gasteiger partial charge in [0.2, 0.25) is 0 Å². The molecule has 4 aromatic carbocycles. The molecule has 40 heavy (non-hydrogen) atoms. The van der Waals surface area contributed by atoms with Gasteiger partial charge in [-0.2, -0.15) is 0 Å². The molecule has 0 fully saturated rings. The fraction of sp³-hybridized carbons (Fsp3) is 0.103. The van der Waals surface area contributed by atoms with Gasteiger partial charge in [0.25, 0.3) is 11.4 Å². The molecule has 0 bridgehead atoms. The summed E-state index contributed by atoms with van der Waals surface area (Å²) >= 11 is 0. The van der Waals surface area contributed by atoms with Gasteiger partial charge in [-0.3, -0.25) is 20.2 Å². The van der Waals surface area contributed by atoms with Gasteiger partial charge in [0, 0.05) is 12.1 Å². The summed E-state index contributed by atoms with van der Waals surface area (Å²) in [7, 11) is 0. The highest BCUT2D eigenvalue weighted by molar-refractivity contribution is 5.83. The summed E-state index contributed by atoms with van der Waals surface area (Å²) in [5.74, 6) is 1.01. The number of aromatic nitrogens is 4. The summed E-state index contributed by atoms with van der Waals surface area (Å²) < 4.78 is 1.82. The third kappa shape index (κ3) is 5.26. The zero-order valence-corrected chi connectivity index (χ0v) is 21.3. The number of aliphatic hydroxyl groups is 1. The highest BCUT2D eigenvalue weighted by Crippen LogP contribution is 2.32. The summed E-state index contributed by atoms with van der Waals surface area (Å²) in [5, 5.41) is 32.0. The SMILES string of the molecule is CC(O)Cn1c(-c2ccccc2[N+](=O)[O-])nc2ccccc21.O=[N+]([O-])c1ccccc1-c1nc2ccccc2[nH]1. The van der Waals surface area contributed by atoms with Gasteiger partial charge in [-0.05, 0) is 43.3 Å². The molecule has 11 heteroatoms. The molecule has 2 aromatic heterocycles. The lowest BCUT2D eigenvalue weighted by atomic mass is 10.1. The smallest absolute Gasteiger partial charge is 0.280 e. The van der Waals surface area contributed by atoms with Crippen molar-refractivity contribution in [2.75, 3.05) is 0 Å². The minimum Gasteiger partial charge on any atom is -0.392 e. The maximum Gasteiger partial charge on any atom is 0.280 e. The van der Waals surface area contributed by atoms with Gasteiger partial charge in [-0.25, -0.2) is 9.97 Å². The molecule has 6 rings (SSSR count). The number of H-pyrrole nitrogens is 1. The number of benzene rings is 4. The number of imidazole rings is 2. The van der Waals surface area contributed by atoms with Crippen LogP contribution in [0.2, 0.25) is 0 Å². The number of nitrogens with one attached hydrogen (secondary N) is 1. The Morgan fingerprint density at radius 2 is 1.32 bits per heavy atom. The van der Waals surface area contributed by atoms with Gasteiger partial charge in [-0.1, -0.05) is 48.5 Å². The minimum absolute atomic E-state index is 0.00430. The predicted molar refractivity (Wildman–Crippen MR) is 152 cm³/mol. The van der Waals surface area contributed by atoms with Crippen LogP contribution in [0, 0.1) is 20.2 Å². The number of nitro groups is 2. The Morgan fingerprint density at radius 1 is 0.775 bits per heavy atom. The molecule has 0 amide bonds. The maximum absolute atomic E-state index is 11.3. The first-order valence-corrected chi connectivity index (χ1v) is 12.4. The van der Waals surface area contributed by atoms with Crippen molar-refractivity contribution >= 4 is 33.4 Å². The van der Waals surface area contributed by atoms with Crippen LogP contribution in [-0.4, -0.2) is 40.6 Å². The van der Waals surface area contributed by atoms with Crippen molar-refractivity contribution in [1.29, 1.82) is 0 Å². The Bertz CT molecular complexity index is 1810. The van der Waals surface area contributed by atoms with Crippen LogP contribution in [0.25, 0.3) is 44.8 Å². The van der Waals surface area contributed by atoms with Crippen LogP contribution >= 0.6 is 0 Å². The first-order chi connectivity index (χ1) is 19.3. The number of nitro benzene ring substituents is 2. The summed E-state index contributed by atoms with van der Waals surface area (Å²) in [4.78, 5) is 33.4. The Labute approximate surface area is 227 Å². The molecule has 6 aromatic rings. The average Bonchev–Trinajstić information content (AvgIpc) is 3.55. The Morgan fingerprint density at radius 3 is 1.98 bits per heavy atom. The molecule has 1 unspecified atom stereocenters. The number of hydrogen-bond acceptors (Lipinski definition) is 7. The van der Waals surface area contributed by atoms with E-state index in [0.29, 0.717) is 29.3 Å². The van der Waals surface area contributed by atoms with Crippen LogP contribution in [0.5, 0.6) is 0 Å². The van der Waals surface area contributed by atoms with E-state index >= 15 is 0 Å². The zero-order chi connectivity index (χ0) is 28.2. The second kappa shape index (κ2) is 11.1. The minimum atomic E-state index is -0.584. The number of para-hydroxylation sites is 6. The van der Waals surface area contributed by atoms with Gasteiger partial charge in [0.15, 0.2) is 0 Å². The first-order valence-electron chi connectivity index (χ1n) is 12.4. The zero-order valence-electron chi connectivity index (χ0n) is 21.3. The molecular formula is C29H24N6O5. The highest BCUT2D eigenvalue weighted by atomic mass is 16.6. The Hall–Kier alpha value is -5.42. The van der Waals surface area contributed by atoms with Gasteiger partial charge < -0.3 is 14.7 Å².